The van der Waals surface area contributed by atoms with Gasteiger partial charge in [-0.25, -0.2) is 0 Å². The highest BCUT2D eigenvalue weighted by atomic mass is 35.5. The maximum absolute atomic E-state index is 6.09. The molecular weight excluding hydrogens is 260 g/mol. The van der Waals surface area contributed by atoms with E-state index in [0.717, 1.165) is 48.9 Å². The summed E-state index contributed by atoms with van der Waals surface area (Å²) in [5.74, 6) is 0. The predicted octanol–water partition coefficient (Wildman–Crippen LogP) is 2.21. The quantitative estimate of drug-likeness (QED) is 0.914. The van der Waals surface area contributed by atoms with E-state index in [1.807, 2.05) is 18.2 Å². The second-order valence-electron chi connectivity index (χ2n) is 5.10. The summed E-state index contributed by atoms with van der Waals surface area (Å²) in [7, 11) is 0. The number of likely N-dealkylation sites (tertiary alicyclic amines) is 1. The SMILES string of the molecule is NC1CCN(Cc2nnc(Cl)c3ccccc23)CC1. The maximum atomic E-state index is 6.09. The van der Waals surface area contributed by atoms with E-state index in [4.69, 9.17) is 17.3 Å². The zero-order valence-electron chi connectivity index (χ0n) is 10.7. The summed E-state index contributed by atoms with van der Waals surface area (Å²) in [6, 6.07) is 8.38. The molecule has 0 aliphatic carbocycles. The molecule has 3 rings (SSSR count). The Labute approximate surface area is 117 Å². The lowest BCUT2D eigenvalue weighted by Gasteiger charge is -2.29. The van der Waals surface area contributed by atoms with Crippen molar-refractivity contribution in [2.45, 2.75) is 25.4 Å². The average molecular weight is 277 g/mol. The lowest BCUT2D eigenvalue weighted by molar-refractivity contribution is 0.204. The van der Waals surface area contributed by atoms with Crippen LogP contribution in [0.15, 0.2) is 24.3 Å². The van der Waals surface area contributed by atoms with Gasteiger partial charge in [0.05, 0.1) is 5.69 Å². The molecule has 1 saturated heterocycles. The molecule has 0 spiro atoms. The van der Waals surface area contributed by atoms with Crippen LogP contribution in [-0.4, -0.2) is 34.2 Å². The Kier molecular flexibility index (Phi) is 3.64. The van der Waals surface area contributed by atoms with Crippen molar-refractivity contribution >= 4 is 22.4 Å². The summed E-state index contributed by atoms with van der Waals surface area (Å²) in [6.07, 6.45) is 2.11. The molecule has 1 fully saturated rings. The van der Waals surface area contributed by atoms with Gasteiger partial charge in [-0.15, -0.1) is 5.10 Å². The van der Waals surface area contributed by atoms with Crippen LogP contribution in [0.3, 0.4) is 0 Å². The van der Waals surface area contributed by atoms with E-state index in [1.165, 1.54) is 0 Å². The van der Waals surface area contributed by atoms with E-state index >= 15 is 0 Å². The molecule has 2 N–H and O–H groups in total. The minimum absolute atomic E-state index is 0.351. The largest absolute Gasteiger partial charge is 0.328 e. The number of fused-ring (bicyclic) bond motifs is 1. The molecule has 100 valence electrons. The number of nitrogens with two attached hydrogens (primary N) is 1. The Hall–Kier alpha value is -1.23. The summed E-state index contributed by atoms with van der Waals surface area (Å²) in [4.78, 5) is 2.38. The number of nitrogens with zero attached hydrogens (tertiary/aromatic N) is 3. The molecule has 5 heteroatoms. The third-order valence-electron chi connectivity index (χ3n) is 3.72. The standard InChI is InChI=1S/C14H17ClN4/c15-14-12-4-2-1-3-11(12)13(17-18-14)9-19-7-5-10(16)6-8-19/h1-4,10H,5-9,16H2. The Morgan fingerprint density at radius 2 is 1.84 bits per heavy atom. The van der Waals surface area contributed by atoms with E-state index in [2.05, 4.69) is 21.2 Å². The lowest BCUT2D eigenvalue weighted by Crippen LogP contribution is -2.39. The molecule has 0 bridgehead atoms. The average Bonchev–Trinajstić information content (AvgIpc) is 2.45. The number of halogens is 1. The van der Waals surface area contributed by atoms with Crippen LogP contribution in [0.4, 0.5) is 0 Å². The fraction of sp³-hybridized carbons (Fsp3) is 0.429. The van der Waals surface area contributed by atoms with Crippen LogP contribution in [0.2, 0.25) is 5.15 Å². The summed E-state index contributed by atoms with van der Waals surface area (Å²) in [5, 5.41) is 10.9. The Balaban J connectivity index is 1.87. The van der Waals surface area contributed by atoms with Crippen LogP contribution in [0, 0.1) is 0 Å². The van der Waals surface area contributed by atoms with Gasteiger partial charge in [0, 0.05) is 36.4 Å². The minimum Gasteiger partial charge on any atom is -0.328 e. The van der Waals surface area contributed by atoms with E-state index in [-0.39, 0.29) is 0 Å². The normalized spacial score (nSPS) is 18.0. The number of aromatic nitrogens is 2. The predicted molar refractivity (Wildman–Crippen MR) is 77.0 cm³/mol. The molecule has 0 radical (unpaired) electrons. The topological polar surface area (TPSA) is 55.0 Å². The second-order valence-corrected chi connectivity index (χ2v) is 5.45. The van der Waals surface area contributed by atoms with Crippen LogP contribution in [0.25, 0.3) is 10.8 Å². The van der Waals surface area contributed by atoms with Gasteiger partial charge in [0.1, 0.15) is 0 Å². The van der Waals surface area contributed by atoms with Crippen LogP contribution in [-0.2, 0) is 6.54 Å². The number of hydrogen-bond donors (Lipinski definition) is 1. The molecule has 2 aromatic rings. The highest BCUT2D eigenvalue weighted by molar-refractivity contribution is 6.34. The molecular formula is C14H17ClN4. The Bertz CT molecular complexity index is 579. The summed E-state index contributed by atoms with van der Waals surface area (Å²) in [5.41, 5.74) is 6.92. The third kappa shape index (κ3) is 2.71. The first kappa shape index (κ1) is 12.8. The zero-order chi connectivity index (χ0) is 13.2. The van der Waals surface area contributed by atoms with Crippen molar-refractivity contribution in [3.8, 4) is 0 Å². The van der Waals surface area contributed by atoms with Gasteiger partial charge in [0.25, 0.3) is 0 Å². The van der Waals surface area contributed by atoms with Gasteiger partial charge in [-0.05, 0) is 12.8 Å². The van der Waals surface area contributed by atoms with Crippen LogP contribution in [0.1, 0.15) is 18.5 Å². The second kappa shape index (κ2) is 5.41. The summed E-state index contributed by atoms with van der Waals surface area (Å²) in [6.45, 7) is 2.87. The molecule has 1 aromatic heterocycles. The fourth-order valence-corrected chi connectivity index (χ4v) is 2.77. The van der Waals surface area contributed by atoms with E-state index < -0.39 is 0 Å². The molecule has 1 aliphatic rings. The molecule has 1 aromatic carbocycles. The summed E-state index contributed by atoms with van der Waals surface area (Å²) >= 11 is 6.09. The number of rotatable bonds is 2. The third-order valence-corrected chi connectivity index (χ3v) is 4.00. The first-order valence-corrected chi connectivity index (χ1v) is 6.99. The number of hydrogen-bond acceptors (Lipinski definition) is 4. The van der Waals surface area contributed by atoms with E-state index in [0.29, 0.717) is 11.2 Å². The van der Waals surface area contributed by atoms with Crippen molar-refractivity contribution in [3.63, 3.8) is 0 Å². The molecule has 0 amide bonds. The Morgan fingerprint density at radius 3 is 2.58 bits per heavy atom. The van der Waals surface area contributed by atoms with Crippen molar-refractivity contribution < 1.29 is 0 Å². The van der Waals surface area contributed by atoms with Gasteiger partial charge < -0.3 is 5.73 Å². The lowest BCUT2D eigenvalue weighted by atomic mass is 10.1. The van der Waals surface area contributed by atoms with Crippen LogP contribution >= 0.6 is 11.6 Å². The molecule has 0 atom stereocenters. The van der Waals surface area contributed by atoms with Gasteiger partial charge in [-0.1, -0.05) is 35.9 Å². The molecule has 0 saturated carbocycles. The van der Waals surface area contributed by atoms with E-state index in [9.17, 15) is 0 Å². The monoisotopic (exact) mass is 276 g/mol. The van der Waals surface area contributed by atoms with Gasteiger partial charge in [0.15, 0.2) is 5.15 Å². The van der Waals surface area contributed by atoms with Crippen molar-refractivity contribution in [1.82, 2.24) is 15.1 Å². The van der Waals surface area contributed by atoms with Gasteiger partial charge in [-0.3, -0.25) is 4.90 Å². The molecule has 1 aliphatic heterocycles. The first-order chi connectivity index (χ1) is 9.24. The molecule has 4 nitrogen and oxygen atoms in total. The van der Waals surface area contributed by atoms with Crippen molar-refractivity contribution in [2.24, 2.45) is 5.73 Å². The number of piperidine rings is 1. The van der Waals surface area contributed by atoms with Crippen molar-refractivity contribution in [3.05, 3.63) is 35.1 Å². The fourth-order valence-electron chi connectivity index (χ4n) is 2.57. The van der Waals surface area contributed by atoms with Gasteiger partial charge in [-0.2, -0.15) is 5.10 Å². The first-order valence-electron chi connectivity index (χ1n) is 6.62. The van der Waals surface area contributed by atoms with Crippen LogP contribution < -0.4 is 5.73 Å². The highest BCUT2D eigenvalue weighted by Crippen LogP contribution is 2.24. The molecule has 0 unspecified atom stereocenters. The van der Waals surface area contributed by atoms with Crippen molar-refractivity contribution in [1.29, 1.82) is 0 Å². The minimum atomic E-state index is 0.351. The maximum Gasteiger partial charge on any atom is 0.159 e. The van der Waals surface area contributed by atoms with E-state index in [1.54, 1.807) is 0 Å². The Morgan fingerprint density at radius 1 is 1.16 bits per heavy atom. The molecule has 2 heterocycles. The van der Waals surface area contributed by atoms with Crippen LogP contribution in [0.5, 0.6) is 0 Å². The smallest absolute Gasteiger partial charge is 0.159 e. The van der Waals surface area contributed by atoms with Gasteiger partial charge >= 0.3 is 0 Å². The van der Waals surface area contributed by atoms with Gasteiger partial charge in [0.2, 0.25) is 0 Å². The zero-order valence-corrected chi connectivity index (χ0v) is 11.5. The highest BCUT2D eigenvalue weighted by Gasteiger charge is 2.18. The molecule has 19 heavy (non-hydrogen) atoms. The number of benzene rings is 1. The van der Waals surface area contributed by atoms with Crippen molar-refractivity contribution in [2.75, 3.05) is 13.1 Å². The summed E-state index contributed by atoms with van der Waals surface area (Å²) < 4.78 is 0.